The summed E-state index contributed by atoms with van der Waals surface area (Å²) in [5.74, 6) is -0.114. The molecule has 490 valence electrons. The van der Waals surface area contributed by atoms with Crippen molar-refractivity contribution in [1.82, 2.24) is 0 Å². The number of ether oxygens (including phenoxy) is 10. The Morgan fingerprint density at radius 1 is 0.659 bits per heavy atom. The number of hydrogen-bond donors (Lipinski definition) is 14. The molecule has 28 heteroatoms. The molecule has 9 rings (SSSR count). The lowest BCUT2D eigenvalue weighted by atomic mass is 9.47. The first kappa shape index (κ1) is 67.8. The molecule has 0 amide bonds. The van der Waals surface area contributed by atoms with E-state index in [-0.39, 0.29) is 35.5 Å². The number of fused-ring (bicyclic) bond motifs is 5. The molecule has 85 heavy (non-hydrogen) atoms. The van der Waals surface area contributed by atoms with Crippen LogP contribution in [0.25, 0.3) is 0 Å². The standard InChI is InChI=1S/C57H94O27S/c1-22(2)23(3)12-17-57(9,70)35-11-10-29-28-19-32(31-18-27(84-85(71,72)73)13-15-55(31,7)30(28)14-16-56(29,35)8)78-52-46(69)47(38(61)26(6)76-52)81-50-44(67)40(63)34(21-74-50)80-53-48(42(65)37(60)25(5)77-53)83-54-49(43(66)39(62)33(20-58)79-54)82-51-45(68)41(64)36(59)24(4)75-51/h14,22,24-29,31-54,58-70H,3,10-13,15-21H2,1-2,4-9H3,(H,71,72,73). The van der Waals surface area contributed by atoms with Crippen molar-refractivity contribution in [2.45, 2.75) is 278 Å². The van der Waals surface area contributed by atoms with Gasteiger partial charge in [-0.05, 0) is 126 Å². The summed E-state index contributed by atoms with van der Waals surface area (Å²) in [5.41, 5.74) is 0.449. The predicted molar refractivity (Wildman–Crippen MR) is 290 cm³/mol. The average Bonchev–Trinajstić information content (AvgIpc) is 1.77. The van der Waals surface area contributed by atoms with Crippen LogP contribution in [-0.2, 0) is 62.0 Å². The third-order valence-electron chi connectivity index (χ3n) is 20.9. The van der Waals surface area contributed by atoms with Crippen molar-refractivity contribution in [2.75, 3.05) is 13.2 Å². The van der Waals surface area contributed by atoms with E-state index in [2.05, 4.69) is 40.3 Å². The minimum Gasteiger partial charge on any atom is -0.394 e. The number of hydrogen-bond acceptors (Lipinski definition) is 26. The molecule has 0 radical (unpaired) electrons. The molecule has 4 aliphatic carbocycles. The van der Waals surface area contributed by atoms with Gasteiger partial charge in [0.25, 0.3) is 0 Å². The minimum absolute atomic E-state index is 0.0340. The van der Waals surface area contributed by atoms with Gasteiger partial charge in [-0.2, -0.15) is 8.42 Å². The molecule has 27 nitrogen and oxygen atoms in total. The fourth-order valence-electron chi connectivity index (χ4n) is 15.6. The maximum Gasteiger partial charge on any atom is 0.397 e. The Kier molecular flexibility index (Phi) is 20.9. The number of rotatable bonds is 18. The smallest absolute Gasteiger partial charge is 0.394 e. The first-order valence-electron chi connectivity index (χ1n) is 30.1. The molecular formula is C57H94O27S. The van der Waals surface area contributed by atoms with Gasteiger partial charge >= 0.3 is 10.4 Å². The molecular weight excluding hydrogens is 1150 g/mol. The Hall–Kier alpha value is -1.57. The highest BCUT2D eigenvalue weighted by atomic mass is 32.3. The summed E-state index contributed by atoms with van der Waals surface area (Å²) in [6, 6.07) is 0. The zero-order valence-corrected chi connectivity index (χ0v) is 50.3. The molecule has 0 aromatic rings. The third kappa shape index (κ3) is 13.4. The lowest BCUT2D eigenvalue weighted by Gasteiger charge is -2.60. The van der Waals surface area contributed by atoms with E-state index in [0.29, 0.717) is 32.1 Å². The number of allylic oxidation sites excluding steroid dienone is 3. The van der Waals surface area contributed by atoms with Crippen molar-refractivity contribution < 1.29 is 131 Å². The van der Waals surface area contributed by atoms with Crippen LogP contribution in [0, 0.1) is 40.4 Å². The van der Waals surface area contributed by atoms with Gasteiger partial charge in [0, 0.05) is 0 Å². The largest absolute Gasteiger partial charge is 0.397 e. The molecule has 5 saturated heterocycles. The van der Waals surface area contributed by atoms with Crippen LogP contribution in [0.4, 0.5) is 0 Å². The summed E-state index contributed by atoms with van der Waals surface area (Å²) in [5, 5.41) is 145. The van der Waals surface area contributed by atoms with Crippen LogP contribution in [0.1, 0.15) is 113 Å². The Morgan fingerprint density at radius 3 is 1.85 bits per heavy atom. The highest BCUT2D eigenvalue weighted by Gasteiger charge is 2.63. The summed E-state index contributed by atoms with van der Waals surface area (Å²) in [4.78, 5) is 0. The van der Waals surface area contributed by atoms with Crippen molar-refractivity contribution in [3.8, 4) is 0 Å². The van der Waals surface area contributed by atoms with E-state index >= 15 is 0 Å². The van der Waals surface area contributed by atoms with Crippen LogP contribution < -0.4 is 0 Å². The van der Waals surface area contributed by atoms with E-state index in [1.54, 1.807) is 0 Å². The summed E-state index contributed by atoms with van der Waals surface area (Å²) >= 11 is 0. The van der Waals surface area contributed by atoms with Crippen molar-refractivity contribution in [3.05, 3.63) is 23.8 Å². The molecule has 5 aliphatic heterocycles. The normalized spacial score (nSPS) is 51.3. The van der Waals surface area contributed by atoms with Gasteiger partial charge in [-0.3, -0.25) is 4.55 Å². The van der Waals surface area contributed by atoms with Gasteiger partial charge in [-0.1, -0.05) is 51.5 Å². The van der Waals surface area contributed by atoms with Gasteiger partial charge < -0.3 is 114 Å². The Morgan fingerprint density at radius 2 is 1.21 bits per heavy atom. The molecule has 14 N–H and O–H groups in total. The first-order chi connectivity index (χ1) is 39.7. The molecule has 0 spiro atoms. The maximum absolute atomic E-state index is 12.2. The monoisotopic (exact) mass is 1240 g/mol. The van der Waals surface area contributed by atoms with E-state index in [9.17, 15) is 79.4 Å². The molecule has 33 unspecified atom stereocenters. The second kappa shape index (κ2) is 26.2. The minimum atomic E-state index is -4.83. The quantitative estimate of drug-likeness (QED) is 0.0538. The van der Waals surface area contributed by atoms with Gasteiger partial charge in [0.15, 0.2) is 31.5 Å². The van der Waals surface area contributed by atoms with Crippen molar-refractivity contribution in [2.24, 2.45) is 40.4 Å². The maximum atomic E-state index is 12.2. The van der Waals surface area contributed by atoms with Crippen molar-refractivity contribution in [1.29, 1.82) is 0 Å². The van der Waals surface area contributed by atoms with Gasteiger partial charge in [-0.15, -0.1) is 0 Å². The fourth-order valence-corrected chi connectivity index (χ4v) is 16.1. The second-order valence-electron chi connectivity index (χ2n) is 26.7. The van der Waals surface area contributed by atoms with Crippen molar-refractivity contribution in [3.63, 3.8) is 0 Å². The SMILES string of the molecule is C=C(CCC(C)(O)C1CCC2C3CC(OC4OC(C)C(O)C(OC5OCC(OC6OC(C)C(O)C(O)C6OC6OC(CO)C(O)C(O)C6OC6OC(C)C(O)C(O)C6O)C(O)C5O)C4O)C4CC(OS(=O)(=O)O)CCC4(C)C3=CCC21C)C(C)C. The van der Waals surface area contributed by atoms with E-state index in [4.69, 9.17) is 51.6 Å². The molecule has 0 aromatic heterocycles. The topological polar surface area (TPSA) is 419 Å². The predicted octanol–water partition coefficient (Wildman–Crippen LogP) is -1.69. The molecule has 0 aromatic carbocycles. The second-order valence-corrected chi connectivity index (χ2v) is 27.7. The number of aliphatic hydroxyl groups excluding tert-OH is 12. The summed E-state index contributed by atoms with van der Waals surface area (Å²) < 4.78 is 99.5. The van der Waals surface area contributed by atoms with Crippen LogP contribution in [0.3, 0.4) is 0 Å². The highest BCUT2D eigenvalue weighted by molar-refractivity contribution is 7.80. The van der Waals surface area contributed by atoms with Gasteiger partial charge in [-0.25, -0.2) is 4.18 Å². The van der Waals surface area contributed by atoms with E-state index in [0.717, 1.165) is 24.8 Å². The van der Waals surface area contributed by atoms with Gasteiger partial charge in [0.2, 0.25) is 0 Å². The fraction of sp³-hybridized carbons (Fsp3) is 0.930. The first-order valence-corrected chi connectivity index (χ1v) is 31.4. The highest BCUT2D eigenvalue weighted by Crippen LogP contribution is 2.67. The lowest BCUT2D eigenvalue weighted by Crippen LogP contribution is -2.67. The van der Waals surface area contributed by atoms with Crippen LogP contribution in [0.2, 0.25) is 0 Å². The van der Waals surface area contributed by atoms with E-state index < -0.39 is 200 Å². The summed E-state index contributed by atoms with van der Waals surface area (Å²) in [7, 11) is -4.83. The Bertz CT molecular complexity index is 2420. The molecule has 0 bridgehead atoms. The Balaban J connectivity index is 0.899. The van der Waals surface area contributed by atoms with Gasteiger partial charge in [0.1, 0.15) is 97.7 Å². The van der Waals surface area contributed by atoms with Crippen LogP contribution in [-0.4, -0.2) is 258 Å². The van der Waals surface area contributed by atoms with Crippen molar-refractivity contribution >= 4 is 10.4 Å². The summed E-state index contributed by atoms with van der Waals surface area (Å²) in [6.45, 7) is 17.6. The zero-order valence-electron chi connectivity index (χ0n) is 49.4. The molecule has 33 atom stereocenters. The van der Waals surface area contributed by atoms with E-state index in [1.807, 2.05) is 6.92 Å². The van der Waals surface area contributed by atoms with Crippen LogP contribution >= 0.6 is 0 Å². The zero-order chi connectivity index (χ0) is 62.3. The van der Waals surface area contributed by atoms with E-state index in [1.165, 1.54) is 26.3 Å². The van der Waals surface area contributed by atoms with Crippen LogP contribution in [0.5, 0.6) is 0 Å². The molecule has 8 fully saturated rings. The lowest BCUT2D eigenvalue weighted by molar-refractivity contribution is -0.399. The third-order valence-corrected chi connectivity index (χ3v) is 21.4. The molecule has 9 aliphatic rings. The Labute approximate surface area is 495 Å². The van der Waals surface area contributed by atoms with Gasteiger partial charge in [0.05, 0.1) is 49.3 Å². The molecule has 3 saturated carbocycles. The average molecular weight is 1240 g/mol. The molecule has 5 heterocycles. The number of aliphatic hydroxyl groups is 13. The summed E-state index contributed by atoms with van der Waals surface area (Å²) in [6.07, 6.45) is -34.5. The van der Waals surface area contributed by atoms with Crippen LogP contribution in [0.15, 0.2) is 23.8 Å².